The maximum Gasteiger partial charge on any atom is 0.389 e. The fourth-order valence-corrected chi connectivity index (χ4v) is 1.94. The van der Waals surface area contributed by atoms with Crippen LogP contribution >= 0.6 is 15.9 Å². The number of H-pyrrole nitrogens is 1. The first-order valence-electron chi connectivity index (χ1n) is 5.55. The topological polar surface area (TPSA) is 45.0 Å². The number of aromatic amines is 1. The molecule has 0 saturated carbocycles. The predicted octanol–water partition coefficient (Wildman–Crippen LogP) is 1.58. The lowest BCUT2D eigenvalue weighted by atomic mass is 10.2. The maximum atomic E-state index is 5.14. The molecule has 1 heterocycles. The summed E-state index contributed by atoms with van der Waals surface area (Å²) in [5.74, 6) is 1.68. The third-order valence-corrected chi connectivity index (χ3v) is 3.18. The molecule has 5 nitrogen and oxygen atoms in total. The highest BCUT2D eigenvalue weighted by Gasteiger charge is 2.18. The SMILES string of the molecule is COc1ccc(C[n+]2[nH]c(N(C)C)nc2Br)cc1. The average Bonchev–Trinajstić information content (AvgIpc) is 2.72. The number of anilines is 1. The normalized spacial score (nSPS) is 10.4. The summed E-state index contributed by atoms with van der Waals surface area (Å²) in [7, 11) is 5.56. The molecule has 0 aliphatic carbocycles. The summed E-state index contributed by atoms with van der Waals surface area (Å²) in [6, 6.07) is 7.98. The van der Waals surface area contributed by atoms with E-state index in [0.29, 0.717) is 0 Å². The van der Waals surface area contributed by atoms with Crippen molar-refractivity contribution in [2.24, 2.45) is 0 Å². The zero-order valence-electron chi connectivity index (χ0n) is 10.6. The van der Waals surface area contributed by atoms with E-state index in [4.69, 9.17) is 4.74 Å². The Morgan fingerprint density at radius 2 is 2.00 bits per heavy atom. The first-order valence-corrected chi connectivity index (χ1v) is 6.35. The monoisotopic (exact) mass is 311 g/mol. The first-order chi connectivity index (χ1) is 8.60. The molecular weight excluding hydrogens is 296 g/mol. The number of hydrogen-bond acceptors (Lipinski definition) is 3. The lowest BCUT2D eigenvalue weighted by molar-refractivity contribution is -0.753. The van der Waals surface area contributed by atoms with Crippen molar-refractivity contribution >= 4 is 21.9 Å². The van der Waals surface area contributed by atoms with Gasteiger partial charge in [0.05, 0.1) is 23.0 Å². The second kappa shape index (κ2) is 5.39. The molecule has 6 heteroatoms. The third kappa shape index (κ3) is 2.81. The van der Waals surface area contributed by atoms with E-state index in [0.717, 1.165) is 23.0 Å². The van der Waals surface area contributed by atoms with Crippen LogP contribution in [0.4, 0.5) is 5.95 Å². The quantitative estimate of drug-likeness (QED) is 0.872. The van der Waals surface area contributed by atoms with Gasteiger partial charge in [-0.15, -0.1) is 4.68 Å². The molecule has 1 aromatic carbocycles. The Balaban J connectivity index is 2.17. The van der Waals surface area contributed by atoms with E-state index in [1.54, 1.807) is 7.11 Å². The van der Waals surface area contributed by atoms with Gasteiger partial charge in [0.2, 0.25) is 0 Å². The summed E-state index contributed by atoms with van der Waals surface area (Å²) in [5, 5.41) is 3.21. The van der Waals surface area contributed by atoms with Crippen molar-refractivity contribution in [1.29, 1.82) is 0 Å². The summed E-state index contributed by atoms with van der Waals surface area (Å²) < 4.78 is 7.86. The minimum absolute atomic E-state index is 0.728. The van der Waals surface area contributed by atoms with E-state index in [9.17, 15) is 0 Å². The van der Waals surface area contributed by atoms with Crippen LogP contribution in [0.15, 0.2) is 29.0 Å². The minimum Gasteiger partial charge on any atom is -0.497 e. The number of aromatic nitrogens is 3. The van der Waals surface area contributed by atoms with E-state index in [2.05, 4.69) is 26.0 Å². The Kier molecular flexibility index (Phi) is 3.86. The van der Waals surface area contributed by atoms with Gasteiger partial charge < -0.3 is 9.64 Å². The van der Waals surface area contributed by atoms with Crippen molar-refractivity contribution in [2.45, 2.75) is 6.54 Å². The fraction of sp³-hybridized carbons (Fsp3) is 0.333. The summed E-state index contributed by atoms with van der Waals surface area (Å²) in [4.78, 5) is 6.29. The van der Waals surface area contributed by atoms with Gasteiger partial charge in [0.1, 0.15) is 12.3 Å². The number of halogens is 1. The van der Waals surface area contributed by atoms with Gasteiger partial charge in [-0.3, -0.25) is 0 Å². The molecule has 0 spiro atoms. The van der Waals surface area contributed by atoms with Crippen LogP contribution < -0.4 is 14.3 Å². The Morgan fingerprint density at radius 1 is 1.33 bits per heavy atom. The number of nitrogens with one attached hydrogen (secondary N) is 1. The molecule has 0 fully saturated rings. The van der Waals surface area contributed by atoms with Crippen molar-refractivity contribution in [1.82, 2.24) is 10.1 Å². The summed E-state index contributed by atoms with van der Waals surface area (Å²) in [5.41, 5.74) is 1.18. The molecule has 2 aromatic rings. The Hall–Kier alpha value is -1.56. The summed E-state index contributed by atoms with van der Waals surface area (Å²) in [6.07, 6.45) is 0. The maximum absolute atomic E-state index is 5.14. The van der Waals surface area contributed by atoms with Crippen molar-refractivity contribution in [2.75, 3.05) is 26.1 Å². The Morgan fingerprint density at radius 3 is 2.50 bits per heavy atom. The average molecular weight is 312 g/mol. The first kappa shape index (κ1) is 12.9. The fourth-order valence-electron chi connectivity index (χ4n) is 1.56. The molecule has 0 aliphatic rings. The minimum atomic E-state index is 0.728. The van der Waals surface area contributed by atoms with Crippen LogP contribution in [0, 0.1) is 0 Å². The lowest BCUT2D eigenvalue weighted by Gasteiger charge is -2.02. The van der Waals surface area contributed by atoms with Gasteiger partial charge in [-0.2, -0.15) is 5.10 Å². The second-order valence-electron chi connectivity index (χ2n) is 4.14. The highest BCUT2D eigenvalue weighted by atomic mass is 79.9. The Labute approximate surface area is 115 Å². The van der Waals surface area contributed by atoms with Crippen molar-refractivity contribution in [3.63, 3.8) is 0 Å². The molecule has 1 aromatic heterocycles. The number of ether oxygens (including phenoxy) is 1. The van der Waals surface area contributed by atoms with Gasteiger partial charge in [-0.05, 0) is 17.7 Å². The van der Waals surface area contributed by atoms with E-state index in [1.807, 2.05) is 47.9 Å². The second-order valence-corrected chi connectivity index (χ2v) is 4.85. The number of rotatable bonds is 4. The van der Waals surface area contributed by atoms with E-state index in [1.165, 1.54) is 5.56 Å². The van der Waals surface area contributed by atoms with Gasteiger partial charge >= 0.3 is 10.7 Å². The van der Waals surface area contributed by atoms with Gasteiger partial charge in [-0.25, -0.2) is 0 Å². The molecule has 0 bridgehead atoms. The van der Waals surface area contributed by atoms with Crippen molar-refractivity contribution < 1.29 is 9.42 Å². The molecule has 0 saturated heterocycles. The molecule has 0 unspecified atom stereocenters. The third-order valence-electron chi connectivity index (χ3n) is 2.58. The van der Waals surface area contributed by atoms with E-state index in [-0.39, 0.29) is 0 Å². The standard InChI is InChI=1S/C12H15BrN4O/c1-16(2)12-14-11(13)17(15-12)8-9-4-6-10(18-3)7-5-9/h4-7H,8H2,1-3H3/p+1. The summed E-state index contributed by atoms with van der Waals surface area (Å²) >= 11 is 3.44. The zero-order chi connectivity index (χ0) is 13.1. The molecule has 0 amide bonds. The van der Waals surface area contributed by atoms with Gasteiger partial charge in [0.25, 0.3) is 0 Å². The van der Waals surface area contributed by atoms with Gasteiger partial charge in [0.15, 0.2) is 0 Å². The van der Waals surface area contributed by atoms with Crippen molar-refractivity contribution in [3.05, 3.63) is 34.6 Å². The van der Waals surface area contributed by atoms with Crippen LogP contribution in [0.5, 0.6) is 5.75 Å². The molecule has 18 heavy (non-hydrogen) atoms. The van der Waals surface area contributed by atoms with E-state index < -0.39 is 0 Å². The molecule has 0 radical (unpaired) electrons. The molecule has 96 valence electrons. The molecule has 0 aliphatic heterocycles. The number of methoxy groups -OCH3 is 1. The lowest BCUT2D eigenvalue weighted by Crippen LogP contribution is -2.37. The number of hydrogen-bond donors (Lipinski definition) is 1. The summed E-state index contributed by atoms with van der Waals surface area (Å²) in [6.45, 7) is 0.728. The predicted molar refractivity (Wildman–Crippen MR) is 72.9 cm³/mol. The molecule has 1 N–H and O–H groups in total. The number of nitrogens with zero attached hydrogens (tertiary/aromatic N) is 3. The highest BCUT2D eigenvalue weighted by molar-refractivity contribution is 9.10. The van der Waals surface area contributed by atoms with Crippen LogP contribution in [0.3, 0.4) is 0 Å². The van der Waals surface area contributed by atoms with Crippen LogP contribution in [-0.2, 0) is 6.54 Å². The molecule has 2 rings (SSSR count). The van der Waals surface area contributed by atoms with E-state index >= 15 is 0 Å². The smallest absolute Gasteiger partial charge is 0.389 e. The largest absolute Gasteiger partial charge is 0.497 e. The zero-order valence-corrected chi connectivity index (χ0v) is 12.2. The molecule has 0 atom stereocenters. The Bertz CT molecular complexity index is 521. The van der Waals surface area contributed by atoms with Gasteiger partial charge in [-0.1, -0.05) is 12.1 Å². The highest BCUT2D eigenvalue weighted by Crippen LogP contribution is 2.12. The van der Waals surface area contributed by atoms with Crippen LogP contribution in [0.25, 0.3) is 0 Å². The van der Waals surface area contributed by atoms with Crippen LogP contribution in [0.2, 0.25) is 0 Å². The number of benzene rings is 1. The van der Waals surface area contributed by atoms with Crippen molar-refractivity contribution in [3.8, 4) is 5.75 Å². The molecular formula is C12H16BrN4O+. The van der Waals surface area contributed by atoms with Crippen LogP contribution in [-0.4, -0.2) is 31.3 Å². The van der Waals surface area contributed by atoms with Crippen LogP contribution in [0.1, 0.15) is 5.56 Å². The van der Waals surface area contributed by atoms with Gasteiger partial charge in [0, 0.05) is 19.1 Å².